The Labute approximate surface area is 153 Å². The third-order valence-corrected chi connectivity index (χ3v) is 5.36. The van der Waals surface area contributed by atoms with E-state index in [9.17, 15) is 4.79 Å². The van der Waals surface area contributed by atoms with E-state index in [0.717, 1.165) is 29.5 Å². The summed E-state index contributed by atoms with van der Waals surface area (Å²) >= 11 is 7.46. The number of hydrogen-bond donors (Lipinski definition) is 0. The number of hydrogen-bond acceptors (Lipinski definition) is 4. The standard InChI is InChI=1S/C18H24ClN3OS/c1-4-5-6-7-12-22-17(15-8-10-16(19)11-9-15)20-21-18(22)24-14(3)13(2)23/h8-11,14H,4-7,12H2,1-3H3. The molecule has 0 radical (unpaired) electrons. The van der Waals surface area contributed by atoms with E-state index in [-0.39, 0.29) is 11.0 Å². The van der Waals surface area contributed by atoms with Gasteiger partial charge >= 0.3 is 0 Å². The molecule has 0 amide bonds. The summed E-state index contributed by atoms with van der Waals surface area (Å²) in [6.07, 6.45) is 4.69. The smallest absolute Gasteiger partial charge is 0.192 e. The molecule has 1 unspecified atom stereocenters. The molecule has 0 bridgehead atoms. The van der Waals surface area contributed by atoms with E-state index in [1.165, 1.54) is 31.0 Å². The van der Waals surface area contributed by atoms with Crippen LogP contribution in [0.1, 0.15) is 46.5 Å². The van der Waals surface area contributed by atoms with Crippen molar-refractivity contribution in [3.63, 3.8) is 0 Å². The summed E-state index contributed by atoms with van der Waals surface area (Å²) in [5, 5.41) is 10.1. The lowest BCUT2D eigenvalue weighted by Crippen LogP contribution is -2.11. The second kappa shape index (κ2) is 9.23. The zero-order valence-corrected chi connectivity index (χ0v) is 16.0. The van der Waals surface area contributed by atoms with Crippen molar-refractivity contribution in [2.45, 2.75) is 63.4 Å². The van der Waals surface area contributed by atoms with Crippen molar-refractivity contribution in [3.05, 3.63) is 29.3 Å². The largest absolute Gasteiger partial charge is 0.302 e. The average Bonchev–Trinajstić information content (AvgIpc) is 2.95. The van der Waals surface area contributed by atoms with Gasteiger partial charge in [0.2, 0.25) is 0 Å². The number of carbonyl (C=O) groups is 1. The predicted molar refractivity (Wildman–Crippen MR) is 101 cm³/mol. The lowest BCUT2D eigenvalue weighted by molar-refractivity contribution is -0.116. The van der Waals surface area contributed by atoms with Crippen LogP contribution in [0.5, 0.6) is 0 Å². The average molecular weight is 366 g/mol. The molecule has 1 atom stereocenters. The van der Waals surface area contributed by atoms with Gasteiger partial charge in [-0.25, -0.2) is 0 Å². The maximum Gasteiger partial charge on any atom is 0.192 e. The van der Waals surface area contributed by atoms with Crippen molar-refractivity contribution in [3.8, 4) is 11.4 Å². The van der Waals surface area contributed by atoms with E-state index >= 15 is 0 Å². The van der Waals surface area contributed by atoms with E-state index < -0.39 is 0 Å². The highest BCUT2D eigenvalue weighted by Crippen LogP contribution is 2.28. The van der Waals surface area contributed by atoms with E-state index in [4.69, 9.17) is 11.6 Å². The third-order valence-electron chi connectivity index (χ3n) is 3.91. The number of aromatic nitrogens is 3. The van der Waals surface area contributed by atoms with Crippen LogP contribution < -0.4 is 0 Å². The minimum absolute atomic E-state index is 0.123. The zero-order chi connectivity index (χ0) is 17.5. The number of thioether (sulfide) groups is 1. The Bertz CT molecular complexity index is 669. The number of benzene rings is 1. The summed E-state index contributed by atoms with van der Waals surface area (Å²) < 4.78 is 2.13. The lowest BCUT2D eigenvalue weighted by atomic mass is 10.2. The SMILES string of the molecule is CCCCCCn1c(SC(C)C(C)=O)nnc1-c1ccc(Cl)cc1. The van der Waals surface area contributed by atoms with Gasteiger partial charge in [-0.2, -0.15) is 0 Å². The molecule has 0 saturated carbocycles. The fourth-order valence-electron chi connectivity index (χ4n) is 2.33. The molecule has 1 aromatic heterocycles. The first kappa shape index (κ1) is 19.0. The topological polar surface area (TPSA) is 47.8 Å². The second-order valence-corrected chi connectivity index (χ2v) is 7.64. The van der Waals surface area contributed by atoms with Crippen molar-refractivity contribution >= 4 is 29.1 Å². The molecule has 0 fully saturated rings. The zero-order valence-electron chi connectivity index (χ0n) is 14.5. The van der Waals surface area contributed by atoms with Crippen molar-refractivity contribution in [1.29, 1.82) is 0 Å². The van der Waals surface area contributed by atoms with Gasteiger partial charge in [-0.1, -0.05) is 49.5 Å². The molecule has 0 saturated heterocycles. The van der Waals surface area contributed by atoms with Crippen LogP contribution in [0.3, 0.4) is 0 Å². The van der Waals surface area contributed by atoms with Crippen LogP contribution >= 0.6 is 23.4 Å². The molecule has 1 heterocycles. The van der Waals surface area contributed by atoms with Gasteiger partial charge in [0.05, 0.1) is 5.25 Å². The van der Waals surface area contributed by atoms with Crippen molar-refractivity contribution in [2.24, 2.45) is 0 Å². The van der Waals surface area contributed by atoms with Gasteiger partial charge in [-0.15, -0.1) is 10.2 Å². The normalized spacial score (nSPS) is 12.3. The summed E-state index contributed by atoms with van der Waals surface area (Å²) in [6.45, 7) is 6.58. The first-order chi connectivity index (χ1) is 11.5. The Hall–Kier alpha value is -1.33. The van der Waals surface area contributed by atoms with Gasteiger partial charge in [0.1, 0.15) is 5.78 Å². The highest BCUT2D eigenvalue weighted by Gasteiger charge is 2.18. The molecule has 24 heavy (non-hydrogen) atoms. The number of Topliss-reactive ketones (excluding diaryl/α,β-unsaturated/α-hetero) is 1. The highest BCUT2D eigenvalue weighted by atomic mass is 35.5. The van der Waals surface area contributed by atoms with Crippen molar-refractivity contribution < 1.29 is 4.79 Å². The van der Waals surface area contributed by atoms with Gasteiger partial charge in [0, 0.05) is 17.1 Å². The molecule has 0 N–H and O–H groups in total. The van der Waals surface area contributed by atoms with Gasteiger partial charge in [0.25, 0.3) is 0 Å². The molecule has 4 nitrogen and oxygen atoms in total. The predicted octanol–water partition coefficient (Wildman–Crippen LogP) is 5.25. The Kier molecular flexibility index (Phi) is 7.31. The van der Waals surface area contributed by atoms with Gasteiger partial charge in [-0.3, -0.25) is 4.79 Å². The minimum Gasteiger partial charge on any atom is -0.302 e. The fourth-order valence-corrected chi connectivity index (χ4v) is 3.33. The van der Waals surface area contributed by atoms with Crippen molar-refractivity contribution in [1.82, 2.24) is 14.8 Å². The molecule has 0 spiro atoms. The Balaban J connectivity index is 2.26. The van der Waals surface area contributed by atoms with Crippen LogP contribution in [0.2, 0.25) is 5.02 Å². The molecule has 130 valence electrons. The molecule has 0 aliphatic rings. The molecule has 0 aliphatic heterocycles. The summed E-state index contributed by atoms with van der Waals surface area (Å²) in [7, 11) is 0. The number of ketones is 1. The summed E-state index contributed by atoms with van der Waals surface area (Å²) in [4.78, 5) is 11.6. The van der Waals surface area contributed by atoms with Gasteiger partial charge in [-0.05, 0) is 44.5 Å². The lowest BCUT2D eigenvalue weighted by Gasteiger charge is -2.12. The minimum atomic E-state index is -0.123. The molecule has 6 heteroatoms. The molecular formula is C18H24ClN3OS. The van der Waals surface area contributed by atoms with Crippen molar-refractivity contribution in [2.75, 3.05) is 0 Å². The summed E-state index contributed by atoms with van der Waals surface area (Å²) in [6, 6.07) is 7.63. The summed E-state index contributed by atoms with van der Waals surface area (Å²) in [5.41, 5.74) is 0.990. The molecular weight excluding hydrogens is 342 g/mol. The Morgan fingerprint density at radius 1 is 1.21 bits per heavy atom. The molecule has 2 rings (SSSR count). The summed E-state index contributed by atoms with van der Waals surface area (Å²) in [5.74, 6) is 0.981. The Morgan fingerprint density at radius 3 is 2.54 bits per heavy atom. The number of halogens is 1. The van der Waals surface area contributed by atoms with Gasteiger partial charge in [0.15, 0.2) is 11.0 Å². The third kappa shape index (κ3) is 5.08. The Morgan fingerprint density at radius 2 is 1.92 bits per heavy atom. The molecule has 0 aliphatic carbocycles. The first-order valence-corrected chi connectivity index (χ1v) is 9.65. The highest BCUT2D eigenvalue weighted by molar-refractivity contribution is 8.00. The van der Waals surface area contributed by atoms with E-state index in [1.807, 2.05) is 31.2 Å². The van der Waals surface area contributed by atoms with E-state index in [2.05, 4.69) is 21.7 Å². The number of nitrogens with zero attached hydrogens (tertiary/aromatic N) is 3. The monoisotopic (exact) mass is 365 g/mol. The van der Waals surface area contributed by atoms with Crippen LogP contribution in [0.25, 0.3) is 11.4 Å². The van der Waals surface area contributed by atoms with Crippen LogP contribution in [-0.2, 0) is 11.3 Å². The van der Waals surface area contributed by atoms with Crippen LogP contribution in [0.15, 0.2) is 29.4 Å². The van der Waals surface area contributed by atoms with Crippen LogP contribution in [0.4, 0.5) is 0 Å². The molecule has 1 aromatic carbocycles. The fraction of sp³-hybridized carbons (Fsp3) is 0.500. The molecule has 2 aromatic rings. The number of rotatable bonds is 9. The van der Waals surface area contributed by atoms with E-state index in [0.29, 0.717) is 5.02 Å². The maximum absolute atomic E-state index is 11.6. The van der Waals surface area contributed by atoms with E-state index in [1.54, 1.807) is 6.92 Å². The maximum atomic E-state index is 11.6. The number of carbonyl (C=O) groups excluding carboxylic acids is 1. The quantitative estimate of drug-likeness (QED) is 0.450. The van der Waals surface area contributed by atoms with Crippen LogP contribution in [0, 0.1) is 0 Å². The van der Waals surface area contributed by atoms with Gasteiger partial charge < -0.3 is 4.57 Å². The first-order valence-electron chi connectivity index (χ1n) is 8.39. The number of unbranched alkanes of at least 4 members (excludes halogenated alkanes) is 3. The second-order valence-electron chi connectivity index (χ2n) is 5.90. The van der Waals surface area contributed by atoms with Crippen LogP contribution in [-0.4, -0.2) is 25.8 Å².